The lowest BCUT2D eigenvalue weighted by atomic mass is 9.88. The van der Waals surface area contributed by atoms with E-state index in [1.807, 2.05) is 0 Å². The van der Waals surface area contributed by atoms with Gasteiger partial charge in [-0.2, -0.15) is 0 Å². The van der Waals surface area contributed by atoms with Gasteiger partial charge in [0.2, 0.25) is 5.89 Å². The lowest BCUT2D eigenvalue weighted by molar-refractivity contribution is 0.277. The molecule has 1 aromatic carbocycles. The van der Waals surface area contributed by atoms with Crippen LogP contribution in [0.1, 0.15) is 36.4 Å². The number of fused-ring (bicyclic) bond motifs is 1. The molecule has 0 bridgehead atoms. The van der Waals surface area contributed by atoms with Gasteiger partial charge in [0.05, 0.1) is 0 Å². The highest BCUT2D eigenvalue weighted by Gasteiger charge is 2.47. The molecule has 2 aliphatic rings. The van der Waals surface area contributed by atoms with Gasteiger partial charge in [-0.15, -0.1) is 5.10 Å². The lowest BCUT2D eigenvalue weighted by Crippen LogP contribution is -2.29. The molecule has 2 aromatic rings. The minimum Gasteiger partial charge on any atom is -0.408 e. The molecule has 24 heavy (non-hydrogen) atoms. The number of benzene rings is 1. The normalized spacial score (nSPS) is 27.0. The average Bonchev–Trinajstić information content (AvgIpc) is 3.23. The van der Waals surface area contributed by atoms with Crippen LogP contribution in [0.15, 0.2) is 28.7 Å². The second kappa shape index (κ2) is 6.20. The van der Waals surface area contributed by atoms with Crippen LogP contribution >= 0.6 is 0 Å². The molecule has 0 aliphatic carbocycles. The first-order chi connectivity index (χ1) is 11.7. The first-order valence-corrected chi connectivity index (χ1v) is 9.00. The molecule has 0 amide bonds. The van der Waals surface area contributed by atoms with Crippen molar-refractivity contribution >= 4 is 6.01 Å². The van der Waals surface area contributed by atoms with Gasteiger partial charge in [0.1, 0.15) is 0 Å². The molecule has 3 atom stereocenters. The molecule has 128 valence electrons. The Hall–Kier alpha value is -1.88. The number of aryl methyl sites for hydroxylation is 2. The van der Waals surface area contributed by atoms with Crippen LogP contribution in [0.3, 0.4) is 0 Å². The largest absolute Gasteiger partial charge is 0.408 e. The fourth-order valence-corrected chi connectivity index (χ4v) is 4.49. The van der Waals surface area contributed by atoms with Crippen molar-refractivity contribution < 1.29 is 4.42 Å². The third-order valence-electron chi connectivity index (χ3n) is 5.59. The zero-order valence-corrected chi connectivity index (χ0v) is 14.8. The summed E-state index contributed by atoms with van der Waals surface area (Å²) in [5.74, 6) is 2.05. The molecule has 0 saturated carbocycles. The van der Waals surface area contributed by atoms with E-state index >= 15 is 0 Å². The number of rotatable bonds is 4. The van der Waals surface area contributed by atoms with Crippen molar-refractivity contribution in [3.8, 4) is 0 Å². The summed E-state index contributed by atoms with van der Waals surface area (Å²) in [4.78, 5) is 4.81. The van der Waals surface area contributed by atoms with E-state index in [2.05, 4.69) is 65.2 Å². The molecule has 2 aliphatic heterocycles. The van der Waals surface area contributed by atoms with Crippen molar-refractivity contribution in [3.05, 3.63) is 41.3 Å². The Balaban J connectivity index is 1.55. The third-order valence-corrected chi connectivity index (χ3v) is 5.59. The van der Waals surface area contributed by atoms with Gasteiger partial charge >= 0.3 is 6.01 Å². The van der Waals surface area contributed by atoms with E-state index < -0.39 is 0 Å². The van der Waals surface area contributed by atoms with Gasteiger partial charge in [0, 0.05) is 38.0 Å². The van der Waals surface area contributed by atoms with Crippen LogP contribution in [-0.4, -0.2) is 41.8 Å². The number of likely N-dealkylation sites (tertiary alicyclic amines) is 1. The highest BCUT2D eigenvalue weighted by atomic mass is 16.4. The molecule has 3 heterocycles. The first kappa shape index (κ1) is 15.6. The molecule has 5 nitrogen and oxygen atoms in total. The maximum absolute atomic E-state index is 5.85. The van der Waals surface area contributed by atoms with Gasteiger partial charge in [-0.1, -0.05) is 36.3 Å². The molecule has 5 heteroatoms. The lowest BCUT2D eigenvalue weighted by Gasteiger charge is -2.27. The minimum atomic E-state index is 0.485. The SMILES string of the molecule is CCCc1nnc(N2C[C@@H]3CN(C)[C@@H](c4ccccc4C)[C@@H]3C2)o1. The Morgan fingerprint density at radius 2 is 2.00 bits per heavy atom. The van der Waals surface area contributed by atoms with Gasteiger partial charge in [-0.3, -0.25) is 4.90 Å². The van der Waals surface area contributed by atoms with E-state index in [1.165, 1.54) is 11.1 Å². The maximum atomic E-state index is 5.85. The summed E-state index contributed by atoms with van der Waals surface area (Å²) in [5.41, 5.74) is 2.85. The van der Waals surface area contributed by atoms with E-state index in [4.69, 9.17) is 4.42 Å². The molecule has 0 radical (unpaired) electrons. The van der Waals surface area contributed by atoms with Crippen LogP contribution in [0, 0.1) is 18.8 Å². The summed E-state index contributed by atoms with van der Waals surface area (Å²) in [6.07, 6.45) is 1.90. The number of aromatic nitrogens is 2. The van der Waals surface area contributed by atoms with Gasteiger partial charge < -0.3 is 9.32 Å². The molecule has 1 aromatic heterocycles. The monoisotopic (exact) mass is 326 g/mol. The second-order valence-electron chi connectivity index (χ2n) is 7.30. The van der Waals surface area contributed by atoms with Gasteiger partial charge in [-0.05, 0) is 37.4 Å². The predicted molar refractivity (Wildman–Crippen MR) is 94.0 cm³/mol. The first-order valence-electron chi connectivity index (χ1n) is 9.00. The molecule has 0 spiro atoms. The van der Waals surface area contributed by atoms with Crippen molar-refractivity contribution in [2.24, 2.45) is 11.8 Å². The Bertz CT molecular complexity index is 713. The average molecular weight is 326 g/mol. The van der Waals surface area contributed by atoms with Crippen LogP contribution in [0.25, 0.3) is 0 Å². The van der Waals surface area contributed by atoms with Crippen molar-refractivity contribution in [3.63, 3.8) is 0 Å². The van der Waals surface area contributed by atoms with Gasteiger partial charge in [0.15, 0.2) is 0 Å². The van der Waals surface area contributed by atoms with Crippen LogP contribution < -0.4 is 4.90 Å². The van der Waals surface area contributed by atoms with Crippen molar-refractivity contribution in [2.75, 3.05) is 31.6 Å². The molecule has 2 fully saturated rings. The molecule has 4 rings (SSSR count). The summed E-state index contributed by atoms with van der Waals surface area (Å²) in [7, 11) is 2.26. The number of anilines is 1. The molecular formula is C19H26N4O. The summed E-state index contributed by atoms with van der Waals surface area (Å²) < 4.78 is 5.85. The smallest absolute Gasteiger partial charge is 0.318 e. The number of hydrogen-bond donors (Lipinski definition) is 0. The standard InChI is InChI=1S/C19H26N4O/c1-4-7-17-20-21-19(24-17)23-11-14-10-22(3)18(16(14)12-23)15-9-6-5-8-13(15)2/h5-6,8-9,14,16,18H,4,7,10-12H2,1-3H3/t14-,16+,18-/m0/s1. The topological polar surface area (TPSA) is 45.4 Å². The highest BCUT2D eigenvalue weighted by Crippen LogP contribution is 2.45. The van der Waals surface area contributed by atoms with Crippen molar-refractivity contribution in [1.82, 2.24) is 15.1 Å². The molecule has 0 unspecified atom stereocenters. The third kappa shape index (κ3) is 2.61. The second-order valence-corrected chi connectivity index (χ2v) is 7.30. The van der Waals surface area contributed by atoms with Crippen LogP contribution in [0.2, 0.25) is 0 Å². The molecule has 2 saturated heterocycles. The van der Waals surface area contributed by atoms with E-state index in [-0.39, 0.29) is 0 Å². The minimum absolute atomic E-state index is 0.485. The predicted octanol–water partition coefficient (Wildman–Crippen LogP) is 3.07. The summed E-state index contributed by atoms with van der Waals surface area (Å²) in [5, 5.41) is 8.46. The molecule has 0 N–H and O–H groups in total. The van der Waals surface area contributed by atoms with E-state index in [1.54, 1.807) is 0 Å². The van der Waals surface area contributed by atoms with Crippen LogP contribution in [0.4, 0.5) is 6.01 Å². The fraction of sp³-hybridized carbons (Fsp3) is 0.579. The maximum Gasteiger partial charge on any atom is 0.318 e. The van der Waals surface area contributed by atoms with Gasteiger partial charge in [-0.25, -0.2) is 0 Å². The van der Waals surface area contributed by atoms with E-state index in [0.29, 0.717) is 23.9 Å². The Kier molecular flexibility index (Phi) is 4.04. The highest BCUT2D eigenvalue weighted by molar-refractivity contribution is 5.35. The Morgan fingerprint density at radius 3 is 2.79 bits per heavy atom. The van der Waals surface area contributed by atoms with Crippen molar-refractivity contribution in [1.29, 1.82) is 0 Å². The number of hydrogen-bond acceptors (Lipinski definition) is 5. The van der Waals surface area contributed by atoms with E-state index in [9.17, 15) is 0 Å². The summed E-state index contributed by atoms with van der Waals surface area (Å²) in [6.45, 7) is 7.51. The summed E-state index contributed by atoms with van der Waals surface area (Å²) >= 11 is 0. The Labute approximate surface area is 143 Å². The quantitative estimate of drug-likeness (QED) is 0.864. The molecular weight excluding hydrogens is 300 g/mol. The van der Waals surface area contributed by atoms with Gasteiger partial charge in [0.25, 0.3) is 0 Å². The zero-order valence-electron chi connectivity index (χ0n) is 14.8. The van der Waals surface area contributed by atoms with Crippen LogP contribution in [0.5, 0.6) is 0 Å². The van der Waals surface area contributed by atoms with Crippen molar-refractivity contribution in [2.45, 2.75) is 32.7 Å². The summed E-state index contributed by atoms with van der Waals surface area (Å²) in [6, 6.07) is 9.98. The van der Waals surface area contributed by atoms with E-state index in [0.717, 1.165) is 38.4 Å². The van der Waals surface area contributed by atoms with Crippen LogP contribution in [-0.2, 0) is 6.42 Å². The fourth-order valence-electron chi connectivity index (χ4n) is 4.49. The Morgan fingerprint density at radius 1 is 1.17 bits per heavy atom. The zero-order chi connectivity index (χ0) is 16.7. The number of nitrogens with zero attached hydrogens (tertiary/aromatic N) is 4.